The number of alkyl halides is 12. The number of phenols is 1. The molecule has 4 aromatic carbocycles. The molecule has 4 aromatic rings. The zero-order valence-corrected chi connectivity index (χ0v) is 25.9. The van der Waals surface area contributed by atoms with E-state index in [4.69, 9.17) is 0 Å². The van der Waals surface area contributed by atoms with Crippen molar-refractivity contribution < 1.29 is 57.8 Å². The summed E-state index contributed by atoms with van der Waals surface area (Å²) in [6.07, 6.45) is -20.1. The second kappa shape index (κ2) is 12.3. The number of hydrogen-bond acceptors (Lipinski definition) is 2. The summed E-state index contributed by atoms with van der Waals surface area (Å²) >= 11 is 3.64. The van der Waals surface area contributed by atoms with Gasteiger partial charge in [0.1, 0.15) is 5.75 Å². The van der Waals surface area contributed by atoms with Crippen LogP contribution in [0, 0.1) is 7.14 Å². The molecule has 238 valence electrons. The van der Waals surface area contributed by atoms with Crippen LogP contribution in [0.4, 0.5) is 58.4 Å². The van der Waals surface area contributed by atoms with Crippen LogP contribution in [-0.2, 0) is 24.7 Å². The van der Waals surface area contributed by atoms with Crippen LogP contribution in [0.3, 0.4) is 0 Å². The van der Waals surface area contributed by atoms with Gasteiger partial charge in [-0.05, 0) is 105 Å². The lowest BCUT2D eigenvalue weighted by Crippen LogP contribution is -2.11. The fourth-order valence-corrected chi connectivity index (χ4v) is 6.08. The van der Waals surface area contributed by atoms with Crippen molar-refractivity contribution in [2.24, 2.45) is 4.99 Å². The summed E-state index contributed by atoms with van der Waals surface area (Å²) in [4.78, 5) is 4.12. The highest BCUT2D eigenvalue weighted by Crippen LogP contribution is 2.46. The van der Waals surface area contributed by atoms with Crippen molar-refractivity contribution in [2.45, 2.75) is 24.7 Å². The van der Waals surface area contributed by atoms with E-state index in [0.717, 1.165) is 24.4 Å². The summed E-state index contributed by atoms with van der Waals surface area (Å²) < 4.78 is 165. The predicted octanol–water partition coefficient (Wildman–Crippen LogP) is 11.8. The molecule has 0 unspecified atom stereocenters. The predicted molar refractivity (Wildman–Crippen MR) is 158 cm³/mol. The SMILES string of the molecule is Oc1c(I)cc(I)cc1C=Nc1c(-c2cc(C(F)(F)F)cc(C(F)(F)F)c2)cccc1-c1cc(C(F)(F)F)cc(C(F)(F)F)c1. The monoisotopic (exact) mass is 873 g/mol. The fraction of sp³-hybridized carbons (Fsp3) is 0.138. The van der Waals surface area contributed by atoms with Gasteiger partial charge in [-0.1, -0.05) is 18.2 Å². The first-order valence-electron chi connectivity index (χ1n) is 12.0. The lowest BCUT2D eigenvalue weighted by Gasteiger charge is -2.18. The van der Waals surface area contributed by atoms with E-state index >= 15 is 0 Å². The molecule has 0 heterocycles. The Hall–Kier alpha value is -3.03. The molecular formula is C29H13F12I2NO. The molecule has 0 aliphatic carbocycles. The van der Waals surface area contributed by atoms with Crippen molar-refractivity contribution in [3.63, 3.8) is 0 Å². The molecule has 0 saturated heterocycles. The number of nitrogens with zero attached hydrogens (tertiary/aromatic N) is 1. The maximum absolute atomic E-state index is 13.7. The summed E-state index contributed by atoms with van der Waals surface area (Å²) in [5, 5.41) is 10.5. The van der Waals surface area contributed by atoms with Gasteiger partial charge in [0.2, 0.25) is 0 Å². The first-order chi connectivity index (χ1) is 20.6. The maximum Gasteiger partial charge on any atom is 0.416 e. The highest BCUT2D eigenvalue weighted by atomic mass is 127. The summed E-state index contributed by atoms with van der Waals surface area (Å²) in [5.74, 6) is -0.337. The minimum Gasteiger partial charge on any atom is -0.506 e. The van der Waals surface area contributed by atoms with Gasteiger partial charge in [0.05, 0.1) is 31.5 Å². The Morgan fingerprint density at radius 3 is 1.29 bits per heavy atom. The van der Waals surface area contributed by atoms with Gasteiger partial charge >= 0.3 is 24.7 Å². The number of para-hydroxylation sites is 1. The number of aromatic hydroxyl groups is 1. The summed E-state index contributed by atoms with van der Waals surface area (Å²) in [5.41, 5.74) is -9.83. The molecule has 0 spiro atoms. The highest BCUT2D eigenvalue weighted by molar-refractivity contribution is 14.1. The maximum atomic E-state index is 13.7. The van der Waals surface area contributed by atoms with E-state index in [1.165, 1.54) is 6.07 Å². The Labute approximate surface area is 273 Å². The Kier molecular flexibility index (Phi) is 9.52. The average molecular weight is 873 g/mol. The van der Waals surface area contributed by atoms with Crippen molar-refractivity contribution in [3.8, 4) is 28.0 Å². The molecule has 45 heavy (non-hydrogen) atoms. The van der Waals surface area contributed by atoms with E-state index in [2.05, 4.69) is 4.99 Å². The number of hydrogen-bond donors (Lipinski definition) is 1. The molecule has 0 atom stereocenters. The highest BCUT2D eigenvalue weighted by Gasteiger charge is 2.39. The largest absolute Gasteiger partial charge is 0.506 e. The summed E-state index contributed by atoms with van der Waals surface area (Å²) in [7, 11) is 0. The minimum atomic E-state index is -5.26. The van der Waals surface area contributed by atoms with Crippen molar-refractivity contribution in [1.82, 2.24) is 0 Å². The van der Waals surface area contributed by atoms with Crippen molar-refractivity contribution in [1.29, 1.82) is 0 Å². The zero-order chi connectivity index (χ0) is 33.7. The second-order valence-corrected chi connectivity index (χ2v) is 11.8. The molecule has 0 fully saturated rings. The molecule has 0 saturated carbocycles. The van der Waals surface area contributed by atoms with E-state index in [0.29, 0.717) is 31.4 Å². The van der Waals surface area contributed by atoms with Crippen LogP contribution in [0.5, 0.6) is 5.75 Å². The molecular weight excluding hydrogens is 860 g/mol. The number of benzene rings is 4. The average Bonchev–Trinajstić information content (AvgIpc) is 2.91. The standard InChI is InChI=1S/C29H13F12I2NO/c30-26(31,32)16-4-13(5-17(9-16)27(33,34)35)21-2-1-3-22(24(21)44-12-15-8-20(42)11-23(43)25(15)45)14-6-18(28(36,37)38)10-19(7-14)29(39,40)41/h1-12,45H. The van der Waals surface area contributed by atoms with Crippen LogP contribution in [0.1, 0.15) is 27.8 Å². The normalized spacial score (nSPS) is 13.1. The summed E-state index contributed by atoms with van der Waals surface area (Å²) in [6.45, 7) is 0. The number of rotatable bonds is 4. The topological polar surface area (TPSA) is 32.6 Å². The molecule has 2 nitrogen and oxygen atoms in total. The van der Waals surface area contributed by atoms with Crippen LogP contribution in [0.2, 0.25) is 0 Å². The molecule has 0 aromatic heterocycles. The van der Waals surface area contributed by atoms with Crippen molar-refractivity contribution >= 4 is 57.1 Å². The third-order valence-corrected chi connectivity index (χ3v) is 7.67. The van der Waals surface area contributed by atoms with E-state index in [1.54, 1.807) is 28.7 Å². The first kappa shape index (κ1) is 34.8. The Morgan fingerprint density at radius 1 is 0.556 bits per heavy atom. The molecule has 0 radical (unpaired) electrons. The second-order valence-electron chi connectivity index (χ2n) is 9.37. The zero-order valence-electron chi connectivity index (χ0n) is 21.6. The lowest BCUT2D eigenvalue weighted by molar-refractivity contribution is -0.144. The van der Waals surface area contributed by atoms with Gasteiger partial charge in [-0.15, -0.1) is 0 Å². The van der Waals surface area contributed by atoms with E-state index in [9.17, 15) is 57.8 Å². The van der Waals surface area contributed by atoms with Gasteiger partial charge in [0.25, 0.3) is 0 Å². The minimum absolute atomic E-state index is 0.00732. The van der Waals surface area contributed by atoms with Gasteiger partial charge in [0.15, 0.2) is 0 Å². The number of phenolic OH excluding ortho intramolecular Hbond substituents is 1. The summed E-state index contributed by atoms with van der Waals surface area (Å²) in [6, 6.07) is 7.16. The molecule has 0 amide bonds. The number of halogens is 14. The smallest absolute Gasteiger partial charge is 0.416 e. The fourth-order valence-electron chi connectivity index (χ4n) is 4.19. The third-order valence-electron chi connectivity index (χ3n) is 6.22. The molecule has 1 N–H and O–H groups in total. The van der Waals surface area contributed by atoms with E-state index < -0.39 is 74.9 Å². The van der Waals surface area contributed by atoms with Crippen LogP contribution >= 0.6 is 45.2 Å². The van der Waals surface area contributed by atoms with E-state index in [-0.39, 0.29) is 23.4 Å². The van der Waals surface area contributed by atoms with E-state index in [1.807, 2.05) is 22.6 Å². The van der Waals surface area contributed by atoms with Gasteiger partial charge in [-0.25, -0.2) is 0 Å². The first-order valence-corrected chi connectivity index (χ1v) is 14.2. The van der Waals surface area contributed by atoms with Crippen LogP contribution in [-0.4, -0.2) is 11.3 Å². The molecule has 0 bridgehead atoms. The Morgan fingerprint density at radius 2 is 0.933 bits per heavy atom. The third kappa shape index (κ3) is 8.04. The molecule has 4 rings (SSSR count). The van der Waals surface area contributed by atoms with Crippen LogP contribution < -0.4 is 0 Å². The van der Waals surface area contributed by atoms with Crippen LogP contribution in [0.25, 0.3) is 22.3 Å². The van der Waals surface area contributed by atoms with Gasteiger partial charge in [0, 0.05) is 26.5 Å². The molecule has 0 aliphatic heterocycles. The quantitative estimate of drug-likeness (QED) is 0.124. The van der Waals surface area contributed by atoms with Crippen LogP contribution in [0.15, 0.2) is 71.7 Å². The molecule has 16 heteroatoms. The molecule has 0 aliphatic rings. The van der Waals surface area contributed by atoms with Gasteiger partial charge in [-0.3, -0.25) is 4.99 Å². The Balaban J connectivity index is 2.11. The van der Waals surface area contributed by atoms with Gasteiger partial charge < -0.3 is 5.11 Å². The van der Waals surface area contributed by atoms with Crippen molar-refractivity contribution in [2.75, 3.05) is 0 Å². The number of aliphatic imine (C=N–C) groups is 1. The van der Waals surface area contributed by atoms with Gasteiger partial charge in [-0.2, -0.15) is 52.7 Å². The Bertz CT molecular complexity index is 1630. The lowest BCUT2D eigenvalue weighted by atomic mass is 9.92. The van der Waals surface area contributed by atoms with Crippen molar-refractivity contribution in [3.05, 3.63) is 102 Å².